The average Bonchev–Trinajstić information content (AvgIpc) is 3.23. The molecule has 4 aromatic rings. The SMILES string of the molecule is Cc1cc(-c2cc(S(=O)(=O)C(C)(C)C#N)ccc2Oc2ccc(F)cc2F)c2cc[nH]c2n1. The molecular weight excluding hydrogens is 448 g/mol. The summed E-state index contributed by atoms with van der Waals surface area (Å²) in [5, 5.41) is 10.1. The number of aryl methyl sites for hydroxylation is 1. The lowest BCUT2D eigenvalue weighted by atomic mass is 10.0. The lowest BCUT2D eigenvalue weighted by molar-refractivity contribution is 0.438. The summed E-state index contributed by atoms with van der Waals surface area (Å²) in [4.78, 5) is 7.35. The molecule has 4 rings (SSSR count). The molecule has 2 aromatic heterocycles. The van der Waals surface area contributed by atoms with Crippen molar-refractivity contribution in [2.75, 3.05) is 0 Å². The van der Waals surface area contributed by atoms with Crippen molar-refractivity contribution in [2.24, 2.45) is 0 Å². The summed E-state index contributed by atoms with van der Waals surface area (Å²) >= 11 is 0. The van der Waals surface area contributed by atoms with E-state index in [1.807, 2.05) is 6.07 Å². The number of nitrogens with one attached hydrogen (secondary N) is 1. The van der Waals surface area contributed by atoms with Crippen molar-refractivity contribution in [2.45, 2.75) is 30.4 Å². The van der Waals surface area contributed by atoms with Crippen LogP contribution in [-0.2, 0) is 9.84 Å². The Labute approximate surface area is 189 Å². The molecule has 0 saturated heterocycles. The summed E-state index contributed by atoms with van der Waals surface area (Å²) < 4.78 is 58.0. The van der Waals surface area contributed by atoms with Crippen molar-refractivity contribution >= 4 is 20.9 Å². The fourth-order valence-electron chi connectivity index (χ4n) is 3.40. The zero-order valence-corrected chi connectivity index (χ0v) is 18.8. The first-order valence-corrected chi connectivity index (χ1v) is 11.4. The summed E-state index contributed by atoms with van der Waals surface area (Å²) in [5.74, 6) is -1.72. The Morgan fingerprint density at radius 3 is 2.45 bits per heavy atom. The van der Waals surface area contributed by atoms with Crippen LogP contribution in [0.2, 0.25) is 0 Å². The van der Waals surface area contributed by atoms with Crippen molar-refractivity contribution in [1.82, 2.24) is 9.97 Å². The molecule has 0 radical (unpaired) electrons. The number of aromatic nitrogens is 2. The summed E-state index contributed by atoms with van der Waals surface area (Å²) in [7, 11) is -4.04. The van der Waals surface area contributed by atoms with E-state index in [-0.39, 0.29) is 16.4 Å². The van der Waals surface area contributed by atoms with Gasteiger partial charge in [0.05, 0.1) is 11.0 Å². The van der Waals surface area contributed by atoms with E-state index >= 15 is 0 Å². The second-order valence-electron chi connectivity index (χ2n) is 8.01. The zero-order chi connectivity index (χ0) is 24.0. The maximum Gasteiger partial charge on any atom is 0.196 e. The van der Waals surface area contributed by atoms with Crippen molar-refractivity contribution < 1.29 is 21.9 Å². The Balaban J connectivity index is 1.98. The second kappa shape index (κ2) is 7.98. The largest absolute Gasteiger partial charge is 0.454 e. The normalized spacial score (nSPS) is 12.0. The highest BCUT2D eigenvalue weighted by atomic mass is 32.2. The van der Waals surface area contributed by atoms with Gasteiger partial charge in [0, 0.05) is 28.9 Å². The molecule has 33 heavy (non-hydrogen) atoms. The highest BCUT2D eigenvalue weighted by Gasteiger charge is 2.36. The number of H-pyrrole nitrogens is 1. The van der Waals surface area contributed by atoms with Crippen LogP contribution in [0.5, 0.6) is 11.5 Å². The number of nitrogens with zero attached hydrogens (tertiary/aromatic N) is 2. The fourth-order valence-corrected chi connectivity index (χ4v) is 4.63. The third-order valence-electron chi connectivity index (χ3n) is 5.26. The maximum atomic E-state index is 14.3. The summed E-state index contributed by atoms with van der Waals surface area (Å²) in [6.07, 6.45) is 1.69. The van der Waals surface area contributed by atoms with E-state index in [1.165, 1.54) is 32.0 Å². The van der Waals surface area contributed by atoms with Gasteiger partial charge in [-0.2, -0.15) is 5.26 Å². The molecule has 0 amide bonds. The number of fused-ring (bicyclic) bond motifs is 1. The van der Waals surface area contributed by atoms with Gasteiger partial charge in [-0.1, -0.05) is 0 Å². The van der Waals surface area contributed by atoms with Crippen LogP contribution in [0.4, 0.5) is 8.78 Å². The number of halogens is 2. The van der Waals surface area contributed by atoms with Crippen molar-refractivity contribution in [3.63, 3.8) is 0 Å². The number of pyridine rings is 1. The van der Waals surface area contributed by atoms with Gasteiger partial charge >= 0.3 is 0 Å². The van der Waals surface area contributed by atoms with Crippen LogP contribution in [0.1, 0.15) is 19.5 Å². The van der Waals surface area contributed by atoms with Gasteiger partial charge in [0.1, 0.15) is 17.2 Å². The quantitative estimate of drug-likeness (QED) is 0.407. The molecule has 168 valence electrons. The Morgan fingerprint density at radius 2 is 1.76 bits per heavy atom. The predicted octanol–water partition coefficient (Wildman–Crippen LogP) is 5.68. The van der Waals surface area contributed by atoms with Crippen LogP contribution >= 0.6 is 0 Å². The third-order valence-corrected chi connectivity index (χ3v) is 7.57. The molecule has 9 heteroatoms. The van der Waals surface area contributed by atoms with E-state index in [4.69, 9.17) is 4.74 Å². The lowest BCUT2D eigenvalue weighted by Crippen LogP contribution is -2.30. The molecule has 2 heterocycles. The number of ether oxygens (including phenoxy) is 1. The molecule has 6 nitrogen and oxygen atoms in total. The molecule has 1 N–H and O–H groups in total. The number of hydrogen-bond donors (Lipinski definition) is 1. The Hall–Kier alpha value is -3.77. The fraction of sp³-hybridized carbons (Fsp3) is 0.167. The smallest absolute Gasteiger partial charge is 0.196 e. The minimum absolute atomic E-state index is 0.0888. The van der Waals surface area contributed by atoms with Gasteiger partial charge in [0.2, 0.25) is 0 Å². The molecule has 2 aromatic carbocycles. The summed E-state index contributed by atoms with van der Waals surface area (Å²) in [5.41, 5.74) is 2.19. The first-order chi connectivity index (χ1) is 15.5. The number of benzene rings is 2. The second-order valence-corrected chi connectivity index (χ2v) is 10.5. The third kappa shape index (κ3) is 3.94. The van der Waals surface area contributed by atoms with Crippen molar-refractivity contribution in [3.8, 4) is 28.7 Å². The molecular formula is C24H19F2N3O3S. The molecule has 0 saturated carbocycles. The first kappa shape index (κ1) is 22.4. The van der Waals surface area contributed by atoms with Gasteiger partial charge in [-0.3, -0.25) is 0 Å². The standard InChI is InChI=1S/C24H19F2N3O3S/c1-14-10-18(17-8-9-28-23(17)29-14)19-12-16(33(30,31)24(2,3)13-27)5-7-21(19)32-22-6-4-15(25)11-20(22)26/h4-12H,1-3H3,(H,28,29). The van der Waals surface area contributed by atoms with Crippen LogP contribution < -0.4 is 4.74 Å². The summed E-state index contributed by atoms with van der Waals surface area (Å²) in [6, 6.07) is 12.4. The molecule has 0 atom stereocenters. The molecule has 0 spiro atoms. The van der Waals surface area contributed by atoms with Crippen LogP contribution in [0.3, 0.4) is 0 Å². The van der Waals surface area contributed by atoms with E-state index in [2.05, 4.69) is 9.97 Å². The van der Waals surface area contributed by atoms with Gasteiger partial charge in [0.25, 0.3) is 0 Å². The van der Waals surface area contributed by atoms with Gasteiger partial charge in [-0.25, -0.2) is 22.2 Å². The van der Waals surface area contributed by atoms with Crippen LogP contribution in [0.15, 0.2) is 59.6 Å². The highest BCUT2D eigenvalue weighted by Crippen LogP contribution is 2.40. The molecule has 0 unspecified atom stereocenters. The van der Waals surface area contributed by atoms with Gasteiger partial charge < -0.3 is 9.72 Å². The van der Waals surface area contributed by atoms with E-state index < -0.39 is 26.2 Å². The topological polar surface area (TPSA) is 95.8 Å². The van der Waals surface area contributed by atoms with Gasteiger partial charge in [-0.05, 0) is 68.8 Å². The van der Waals surface area contributed by atoms with Crippen LogP contribution in [-0.4, -0.2) is 23.1 Å². The van der Waals surface area contributed by atoms with Crippen LogP contribution in [0.25, 0.3) is 22.2 Å². The number of sulfone groups is 1. The van der Waals surface area contributed by atoms with Gasteiger partial charge in [-0.15, -0.1) is 0 Å². The Bertz CT molecular complexity index is 1540. The van der Waals surface area contributed by atoms with E-state index in [1.54, 1.807) is 25.3 Å². The predicted molar refractivity (Wildman–Crippen MR) is 120 cm³/mol. The lowest BCUT2D eigenvalue weighted by Gasteiger charge is -2.19. The van der Waals surface area contributed by atoms with Crippen molar-refractivity contribution in [1.29, 1.82) is 5.26 Å². The monoisotopic (exact) mass is 467 g/mol. The summed E-state index contributed by atoms with van der Waals surface area (Å²) in [6.45, 7) is 4.42. The Kier molecular flexibility index (Phi) is 5.42. The maximum absolute atomic E-state index is 14.3. The molecule has 0 bridgehead atoms. The number of hydrogen-bond acceptors (Lipinski definition) is 5. The molecule has 0 aliphatic heterocycles. The van der Waals surface area contributed by atoms with E-state index in [0.29, 0.717) is 33.9 Å². The van der Waals surface area contributed by atoms with Crippen molar-refractivity contribution in [3.05, 3.63) is 72.1 Å². The van der Waals surface area contributed by atoms with E-state index in [0.717, 1.165) is 12.1 Å². The molecule has 0 fully saturated rings. The van der Waals surface area contributed by atoms with Gasteiger partial charge in [0.15, 0.2) is 26.2 Å². The molecule has 0 aliphatic carbocycles. The zero-order valence-electron chi connectivity index (χ0n) is 18.0. The Morgan fingerprint density at radius 1 is 1.03 bits per heavy atom. The average molecular weight is 467 g/mol. The minimum atomic E-state index is -4.04. The minimum Gasteiger partial charge on any atom is -0.454 e. The highest BCUT2D eigenvalue weighted by molar-refractivity contribution is 7.93. The molecule has 0 aliphatic rings. The number of aromatic amines is 1. The number of rotatable bonds is 5. The number of nitriles is 1. The van der Waals surface area contributed by atoms with Crippen LogP contribution in [0, 0.1) is 29.9 Å². The van der Waals surface area contributed by atoms with E-state index in [9.17, 15) is 22.5 Å². The first-order valence-electron chi connectivity index (χ1n) is 9.91.